The zero-order chi connectivity index (χ0) is 18.9. The number of thiophene rings is 1. The van der Waals surface area contributed by atoms with E-state index < -0.39 is 5.60 Å². The van der Waals surface area contributed by atoms with E-state index in [1.807, 2.05) is 18.3 Å². The molecule has 138 valence electrons. The number of imidazole rings is 1. The summed E-state index contributed by atoms with van der Waals surface area (Å²) in [6, 6.07) is 6.83. The number of H-pyrrole nitrogens is 1. The summed E-state index contributed by atoms with van der Waals surface area (Å²) in [7, 11) is 0. The van der Waals surface area contributed by atoms with Crippen molar-refractivity contribution >= 4 is 11.3 Å². The van der Waals surface area contributed by atoms with Gasteiger partial charge in [-0.15, -0.1) is 11.3 Å². The lowest BCUT2D eigenvalue weighted by atomic mass is 9.91. The molecular weight excluding hydrogens is 349 g/mol. The average Bonchev–Trinajstić information content (AvgIpc) is 3.16. The number of nitrogens with zero attached hydrogens (tertiary/aromatic N) is 2. The first-order chi connectivity index (χ1) is 12.1. The Kier molecular flexibility index (Phi) is 4.99. The molecule has 3 aromatic rings. The molecule has 0 saturated carbocycles. The number of pyridine rings is 1. The summed E-state index contributed by atoms with van der Waals surface area (Å²) in [4.78, 5) is 13.6. The van der Waals surface area contributed by atoms with Crippen LogP contribution < -0.4 is 0 Å². The van der Waals surface area contributed by atoms with Crippen LogP contribution in [0.3, 0.4) is 0 Å². The smallest absolute Gasteiger partial charge is 0.141 e. The standard InChI is InChI=1S/C20H24FN3OS/c1-19(2,3)9-14-12-23-18(24-14)10-20(4,25)17-8-7-16(26-17)15-6-5-13(21)11-22-15/h5-8,11-12,25H,9-10H2,1-4H3,(H,23,24). The number of aromatic nitrogens is 3. The van der Waals surface area contributed by atoms with Gasteiger partial charge in [0.2, 0.25) is 0 Å². The van der Waals surface area contributed by atoms with Crippen molar-refractivity contribution in [2.45, 2.75) is 46.1 Å². The lowest BCUT2D eigenvalue weighted by Gasteiger charge is -2.20. The minimum atomic E-state index is -1.04. The predicted molar refractivity (Wildman–Crippen MR) is 103 cm³/mol. The van der Waals surface area contributed by atoms with E-state index >= 15 is 0 Å². The molecule has 6 heteroatoms. The van der Waals surface area contributed by atoms with Crippen LogP contribution >= 0.6 is 11.3 Å². The highest BCUT2D eigenvalue weighted by atomic mass is 32.1. The van der Waals surface area contributed by atoms with Crippen molar-refractivity contribution in [3.05, 3.63) is 58.9 Å². The van der Waals surface area contributed by atoms with E-state index in [0.717, 1.165) is 27.7 Å². The Hall–Kier alpha value is -2.05. The molecule has 0 amide bonds. The molecule has 3 rings (SSSR count). The Balaban J connectivity index is 1.75. The number of rotatable bonds is 5. The molecule has 0 aliphatic rings. The normalized spacial score (nSPS) is 14.4. The van der Waals surface area contributed by atoms with Crippen molar-refractivity contribution in [1.29, 1.82) is 0 Å². The van der Waals surface area contributed by atoms with E-state index in [2.05, 4.69) is 35.7 Å². The minimum absolute atomic E-state index is 0.166. The van der Waals surface area contributed by atoms with E-state index in [9.17, 15) is 9.50 Å². The van der Waals surface area contributed by atoms with E-state index in [1.54, 1.807) is 13.0 Å². The molecule has 0 aromatic carbocycles. The van der Waals surface area contributed by atoms with Gasteiger partial charge in [-0.25, -0.2) is 9.37 Å². The van der Waals surface area contributed by atoms with Crippen molar-refractivity contribution < 1.29 is 9.50 Å². The van der Waals surface area contributed by atoms with Crippen LogP contribution in [0.1, 0.15) is 44.1 Å². The summed E-state index contributed by atoms with van der Waals surface area (Å²) in [5.74, 6) is 0.408. The molecule has 0 fully saturated rings. The third-order valence-electron chi connectivity index (χ3n) is 4.02. The second-order valence-corrected chi connectivity index (χ2v) is 9.14. The largest absolute Gasteiger partial charge is 0.384 e. The van der Waals surface area contributed by atoms with Crippen LogP contribution in [0.5, 0.6) is 0 Å². The van der Waals surface area contributed by atoms with Gasteiger partial charge in [-0.3, -0.25) is 4.98 Å². The number of hydrogen-bond donors (Lipinski definition) is 2. The van der Waals surface area contributed by atoms with E-state index in [4.69, 9.17) is 0 Å². The zero-order valence-electron chi connectivity index (χ0n) is 15.5. The molecule has 4 nitrogen and oxygen atoms in total. The lowest BCUT2D eigenvalue weighted by molar-refractivity contribution is 0.0595. The molecule has 1 atom stereocenters. The number of aliphatic hydroxyl groups is 1. The van der Waals surface area contributed by atoms with Gasteiger partial charge in [0.25, 0.3) is 0 Å². The molecule has 0 aliphatic heterocycles. The summed E-state index contributed by atoms with van der Waals surface area (Å²) < 4.78 is 13.0. The Morgan fingerprint density at radius 1 is 1.12 bits per heavy atom. The molecule has 26 heavy (non-hydrogen) atoms. The first-order valence-corrected chi connectivity index (χ1v) is 9.42. The van der Waals surface area contributed by atoms with E-state index in [1.165, 1.54) is 23.6 Å². The SMILES string of the molecule is CC(C)(C)Cc1c[nH]c(CC(C)(O)c2ccc(-c3ccc(F)cn3)s2)n1. The highest BCUT2D eigenvalue weighted by Crippen LogP contribution is 2.35. The fourth-order valence-corrected chi connectivity index (χ4v) is 3.86. The topological polar surface area (TPSA) is 61.8 Å². The third kappa shape index (κ3) is 4.56. The molecule has 2 N–H and O–H groups in total. The maximum absolute atomic E-state index is 13.0. The maximum atomic E-state index is 13.0. The highest BCUT2D eigenvalue weighted by molar-refractivity contribution is 7.15. The molecule has 3 aromatic heterocycles. The van der Waals surface area contributed by atoms with Gasteiger partial charge in [-0.05, 0) is 43.0 Å². The zero-order valence-corrected chi connectivity index (χ0v) is 16.3. The lowest BCUT2D eigenvalue weighted by Crippen LogP contribution is -2.23. The van der Waals surface area contributed by atoms with Gasteiger partial charge >= 0.3 is 0 Å². The summed E-state index contributed by atoms with van der Waals surface area (Å²) in [6.45, 7) is 8.31. The first-order valence-electron chi connectivity index (χ1n) is 8.60. The maximum Gasteiger partial charge on any atom is 0.141 e. The van der Waals surface area contributed by atoms with Crippen molar-refractivity contribution in [3.8, 4) is 10.6 Å². The van der Waals surface area contributed by atoms with Crippen LogP contribution in [0.25, 0.3) is 10.6 Å². The molecule has 0 radical (unpaired) electrons. The van der Waals surface area contributed by atoms with Gasteiger partial charge in [0, 0.05) is 17.5 Å². The number of aromatic amines is 1. The van der Waals surface area contributed by atoms with E-state index in [-0.39, 0.29) is 11.2 Å². The Morgan fingerprint density at radius 3 is 2.54 bits per heavy atom. The van der Waals surface area contributed by atoms with Gasteiger partial charge in [0.1, 0.15) is 17.2 Å². The summed E-state index contributed by atoms with van der Waals surface area (Å²) in [6.07, 6.45) is 4.39. The van der Waals surface area contributed by atoms with Gasteiger partial charge < -0.3 is 10.1 Å². The van der Waals surface area contributed by atoms with Crippen molar-refractivity contribution in [2.75, 3.05) is 0 Å². The number of hydrogen-bond acceptors (Lipinski definition) is 4. The summed E-state index contributed by atoms with van der Waals surface area (Å²) in [5.41, 5.74) is 0.828. The Bertz CT molecular complexity index is 875. The molecule has 0 spiro atoms. The van der Waals surface area contributed by atoms with Crippen LogP contribution in [-0.2, 0) is 18.4 Å². The van der Waals surface area contributed by atoms with Crippen molar-refractivity contribution in [3.63, 3.8) is 0 Å². The molecule has 1 unspecified atom stereocenters. The van der Waals surface area contributed by atoms with Crippen LogP contribution in [0, 0.1) is 11.2 Å². The van der Waals surface area contributed by atoms with E-state index in [0.29, 0.717) is 12.1 Å². The first kappa shape index (κ1) is 18.7. The van der Waals surface area contributed by atoms with Crippen LogP contribution in [0.2, 0.25) is 0 Å². The van der Waals surface area contributed by atoms with Gasteiger partial charge in [0.15, 0.2) is 0 Å². The van der Waals surface area contributed by atoms with Gasteiger partial charge in [0.05, 0.1) is 22.5 Å². The summed E-state index contributed by atoms with van der Waals surface area (Å²) in [5, 5.41) is 11.0. The molecular formula is C20H24FN3OS. The molecule has 0 bridgehead atoms. The predicted octanol–water partition coefficient (Wildman–Crippen LogP) is 4.71. The van der Waals surface area contributed by atoms with Crippen LogP contribution in [0.15, 0.2) is 36.7 Å². The minimum Gasteiger partial charge on any atom is -0.384 e. The fourth-order valence-electron chi connectivity index (χ4n) is 2.83. The van der Waals surface area contributed by atoms with Gasteiger partial charge in [-0.2, -0.15) is 0 Å². The second kappa shape index (κ2) is 6.93. The van der Waals surface area contributed by atoms with Crippen LogP contribution in [-0.4, -0.2) is 20.1 Å². The second-order valence-electron chi connectivity index (χ2n) is 8.05. The molecule has 0 aliphatic carbocycles. The molecule has 3 heterocycles. The van der Waals surface area contributed by atoms with Crippen molar-refractivity contribution in [2.24, 2.45) is 5.41 Å². The fraction of sp³-hybridized carbons (Fsp3) is 0.400. The Labute approximate surface area is 157 Å². The van der Waals surface area contributed by atoms with Crippen molar-refractivity contribution in [1.82, 2.24) is 15.0 Å². The monoisotopic (exact) mass is 373 g/mol. The van der Waals surface area contributed by atoms with Gasteiger partial charge in [-0.1, -0.05) is 20.8 Å². The summed E-state index contributed by atoms with van der Waals surface area (Å²) >= 11 is 1.46. The Morgan fingerprint density at radius 2 is 1.88 bits per heavy atom. The number of halogens is 1. The molecule has 0 saturated heterocycles. The average molecular weight is 373 g/mol. The van der Waals surface area contributed by atoms with Crippen LogP contribution in [0.4, 0.5) is 4.39 Å². The number of nitrogens with one attached hydrogen (secondary N) is 1. The quantitative estimate of drug-likeness (QED) is 0.681. The third-order valence-corrected chi connectivity index (χ3v) is 5.38. The highest BCUT2D eigenvalue weighted by Gasteiger charge is 2.27.